The van der Waals surface area contributed by atoms with Gasteiger partial charge in [0.25, 0.3) is 0 Å². The lowest BCUT2D eigenvalue weighted by Crippen LogP contribution is -2.25. The van der Waals surface area contributed by atoms with Gasteiger partial charge in [-0.05, 0) is 42.3 Å². The molecule has 1 aliphatic rings. The minimum Gasteiger partial charge on any atom is -0.312 e. The number of benzene rings is 2. The summed E-state index contributed by atoms with van der Waals surface area (Å²) in [7, 11) is 0. The van der Waals surface area contributed by atoms with Gasteiger partial charge in [0.15, 0.2) is 5.78 Å². The SMILES string of the molecule is O=C(c1cc(Br)ccc1F)c1cccc2c1CCNC2. The number of ketones is 1. The van der Waals surface area contributed by atoms with Crippen molar-refractivity contribution in [1.29, 1.82) is 0 Å². The van der Waals surface area contributed by atoms with Crippen molar-refractivity contribution in [2.45, 2.75) is 13.0 Å². The molecule has 1 heterocycles. The second-order valence-electron chi connectivity index (χ2n) is 4.82. The first kappa shape index (κ1) is 13.5. The Labute approximate surface area is 125 Å². The van der Waals surface area contributed by atoms with Gasteiger partial charge in [-0.1, -0.05) is 34.1 Å². The van der Waals surface area contributed by atoms with Gasteiger partial charge in [0.05, 0.1) is 5.56 Å². The highest BCUT2D eigenvalue weighted by Crippen LogP contribution is 2.24. The van der Waals surface area contributed by atoms with Gasteiger partial charge in [-0.15, -0.1) is 0 Å². The molecule has 0 aromatic heterocycles. The molecule has 0 saturated carbocycles. The van der Waals surface area contributed by atoms with Crippen LogP contribution in [0.3, 0.4) is 0 Å². The Balaban J connectivity index is 2.09. The van der Waals surface area contributed by atoms with E-state index in [1.807, 2.05) is 12.1 Å². The van der Waals surface area contributed by atoms with Gasteiger partial charge in [0.2, 0.25) is 0 Å². The third kappa shape index (κ3) is 2.41. The summed E-state index contributed by atoms with van der Waals surface area (Å²) in [5, 5.41) is 3.27. The molecule has 102 valence electrons. The van der Waals surface area contributed by atoms with Crippen molar-refractivity contribution < 1.29 is 9.18 Å². The fourth-order valence-electron chi connectivity index (χ4n) is 2.56. The van der Waals surface area contributed by atoms with Crippen LogP contribution in [0.15, 0.2) is 40.9 Å². The van der Waals surface area contributed by atoms with Crippen LogP contribution < -0.4 is 5.32 Å². The number of hydrogen-bond acceptors (Lipinski definition) is 2. The summed E-state index contributed by atoms with van der Waals surface area (Å²) in [6.45, 7) is 1.61. The van der Waals surface area contributed by atoms with Gasteiger partial charge in [0.1, 0.15) is 5.82 Å². The summed E-state index contributed by atoms with van der Waals surface area (Å²) in [5.41, 5.74) is 2.89. The first-order valence-corrected chi connectivity index (χ1v) is 7.27. The van der Waals surface area contributed by atoms with Crippen molar-refractivity contribution in [3.8, 4) is 0 Å². The van der Waals surface area contributed by atoms with E-state index in [4.69, 9.17) is 0 Å². The minimum absolute atomic E-state index is 0.117. The molecule has 1 aliphatic heterocycles. The predicted molar refractivity (Wildman–Crippen MR) is 79.4 cm³/mol. The lowest BCUT2D eigenvalue weighted by Gasteiger charge is -2.19. The Kier molecular flexibility index (Phi) is 3.68. The van der Waals surface area contributed by atoms with Crippen LogP contribution in [0, 0.1) is 5.82 Å². The first-order chi connectivity index (χ1) is 9.66. The summed E-state index contributed by atoms with van der Waals surface area (Å²) < 4.78 is 14.6. The van der Waals surface area contributed by atoms with Crippen molar-refractivity contribution in [3.63, 3.8) is 0 Å². The van der Waals surface area contributed by atoms with Crippen LogP contribution in [0.4, 0.5) is 4.39 Å². The van der Waals surface area contributed by atoms with Crippen molar-refractivity contribution in [3.05, 3.63) is 68.9 Å². The van der Waals surface area contributed by atoms with Crippen LogP contribution in [0.2, 0.25) is 0 Å². The summed E-state index contributed by atoms with van der Waals surface area (Å²) in [6, 6.07) is 10.1. The highest BCUT2D eigenvalue weighted by atomic mass is 79.9. The quantitative estimate of drug-likeness (QED) is 0.852. The van der Waals surface area contributed by atoms with Gasteiger partial charge in [0, 0.05) is 16.6 Å². The molecule has 20 heavy (non-hydrogen) atoms. The molecular formula is C16H13BrFNO. The van der Waals surface area contributed by atoms with E-state index in [9.17, 15) is 9.18 Å². The zero-order valence-electron chi connectivity index (χ0n) is 10.7. The molecule has 2 aromatic carbocycles. The third-order valence-corrected chi connectivity index (χ3v) is 4.05. The predicted octanol–water partition coefficient (Wildman–Crippen LogP) is 3.46. The van der Waals surface area contributed by atoms with Gasteiger partial charge in [-0.25, -0.2) is 4.39 Å². The van der Waals surface area contributed by atoms with Crippen LogP contribution in [0.1, 0.15) is 27.0 Å². The Bertz CT molecular complexity index is 684. The molecule has 0 aliphatic carbocycles. The van der Waals surface area contributed by atoms with Crippen molar-refractivity contribution in [2.75, 3.05) is 6.54 Å². The van der Waals surface area contributed by atoms with Crippen LogP contribution in [0.25, 0.3) is 0 Å². The monoisotopic (exact) mass is 333 g/mol. The summed E-state index contributed by atoms with van der Waals surface area (Å²) in [5.74, 6) is -0.729. The number of hydrogen-bond donors (Lipinski definition) is 1. The van der Waals surface area contributed by atoms with Crippen LogP contribution in [-0.4, -0.2) is 12.3 Å². The highest BCUT2D eigenvalue weighted by molar-refractivity contribution is 9.10. The van der Waals surface area contributed by atoms with Crippen molar-refractivity contribution in [1.82, 2.24) is 5.32 Å². The fourth-order valence-corrected chi connectivity index (χ4v) is 2.92. The van der Waals surface area contributed by atoms with Gasteiger partial charge in [-0.3, -0.25) is 4.79 Å². The molecular weight excluding hydrogens is 321 g/mol. The largest absolute Gasteiger partial charge is 0.312 e. The number of rotatable bonds is 2. The smallest absolute Gasteiger partial charge is 0.196 e. The van der Waals surface area contributed by atoms with Crippen LogP contribution in [0.5, 0.6) is 0 Å². The van der Waals surface area contributed by atoms with E-state index in [1.165, 1.54) is 12.1 Å². The zero-order chi connectivity index (χ0) is 14.1. The zero-order valence-corrected chi connectivity index (χ0v) is 12.3. The molecule has 4 heteroatoms. The van der Waals surface area contributed by atoms with Gasteiger partial charge >= 0.3 is 0 Å². The molecule has 2 nitrogen and oxygen atoms in total. The normalized spacial score (nSPS) is 13.9. The number of fused-ring (bicyclic) bond motifs is 1. The lowest BCUT2D eigenvalue weighted by atomic mass is 9.91. The van der Waals surface area contributed by atoms with Gasteiger partial charge in [-0.2, -0.15) is 0 Å². The second-order valence-corrected chi connectivity index (χ2v) is 5.74. The van der Waals surface area contributed by atoms with E-state index in [1.54, 1.807) is 12.1 Å². The number of carbonyl (C=O) groups is 1. The Hall–Kier alpha value is -1.52. The average Bonchev–Trinajstić information content (AvgIpc) is 2.48. The first-order valence-electron chi connectivity index (χ1n) is 6.48. The fraction of sp³-hybridized carbons (Fsp3) is 0.188. The molecule has 3 rings (SSSR count). The van der Waals surface area contributed by atoms with E-state index in [0.29, 0.717) is 10.0 Å². The minimum atomic E-state index is -0.482. The van der Waals surface area contributed by atoms with E-state index in [-0.39, 0.29) is 11.3 Å². The van der Waals surface area contributed by atoms with E-state index < -0.39 is 5.82 Å². The van der Waals surface area contributed by atoms with E-state index in [2.05, 4.69) is 21.2 Å². The second kappa shape index (κ2) is 5.46. The molecule has 1 N–H and O–H groups in total. The van der Waals surface area contributed by atoms with E-state index in [0.717, 1.165) is 30.6 Å². The van der Waals surface area contributed by atoms with Crippen molar-refractivity contribution in [2.24, 2.45) is 0 Å². The maximum Gasteiger partial charge on any atom is 0.196 e. The molecule has 0 spiro atoms. The average molecular weight is 334 g/mol. The highest BCUT2D eigenvalue weighted by Gasteiger charge is 2.20. The molecule has 0 fully saturated rings. The summed E-state index contributed by atoms with van der Waals surface area (Å²) >= 11 is 3.28. The third-order valence-electron chi connectivity index (χ3n) is 3.56. The topological polar surface area (TPSA) is 29.1 Å². The number of carbonyl (C=O) groups excluding carboxylic acids is 1. The molecule has 2 aromatic rings. The van der Waals surface area contributed by atoms with Crippen LogP contribution in [-0.2, 0) is 13.0 Å². The number of nitrogens with one attached hydrogen (secondary N) is 1. The Morgan fingerprint density at radius 1 is 1.20 bits per heavy atom. The molecule has 0 amide bonds. The molecule has 0 unspecified atom stereocenters. The van der Waals surface area contributed by atoms with Gasteiger partial charge < -0.3 is 5.32 Å². The van der Waals surface area contributed by atoms with Crippen molar-refractivity contribution >= 4 is 21.7 Å². The molecule has 0 radical (unpaired) electrons. The van der Waals surface area contributed by atoms with E-state index >= 15 is 0 Å². The summed E-state index contributed by atoms with van der Waals surface area (Å²) in [4.78, 5) is 12.6. The standard InChI is InChI=1S/C16H13BrFNO/c17-11-4-5-15(18)14(8-11)16(20)13-3-1-2-10-9-19-7-6-12(10)13/h1-5,8,19H,6-7,9H2. The molecule has 0 atom stereocenters. The number of halogens is 2. The van der Waals surface area contributed by atoms with Crippen LogP contribution >= 0.6 is 15.9 Å². The maximum atomic E-state index is 13.9. The Morgan fingerprint density at radius 2 is 2.05 bits per heavy atom. The summed E-state index contributed by atoms with van der Waals surface area (Å²) in [6.07, 6.45) is 0.798. The maximum absolute atomic E-state index is 13.9. The lowest BCUT2D eigenvalue weighted by molar-refractivity contribution is 0.103. The molecule has 0 saturated heterocycles. The Morgan fingerprint density at radius 3 is 2.90 bits per heavy atom. The molecule has 0 bridgehead atoms.